The molecule has 5 nitrogen and oxygen atoms in total. The molecule has 0 saturated carbocycles. The van der Waals surface area contributed by atoms with Crippen LogP contribution in [0.5, 0.6) is 0 Å². The van der Waals surface area contributed by atoms with Gasteiger partial charge in [0, 0.05) is 43.1 Å². The van der Waals surface area contributed by atoms with Gasteiger partial charge in [0.15, 0.2) is 0 Å². The smallest absolute Gasteiger partial charge is 0.234 e. The lowest BCUT2D eigenvalue weighted by Crippen LogP contribution is -2.49. The second-order valence-electron chi connectivity index (χ2n) is 7.30. The number of aromatic nitrogens is 1. The zero-order valence-electron chi connectivity index (χ0n) is 15.8. The number of halogens is 1. The van der Waals surface area contributed by atoms with Crippen LogP contribution in [0.1, 0.15) is 24.0 Å². The van der Waals surface area contributed by atoms with Crippen LogP contribution >= 0.6 is 11.6 Å². The van der Waals surface area contributed by atoms with E-state index in [4.69, 9.17) is 11.6 Å². The third-order valence-corrected chi connectivity index (χ3v) is 5.03. The van der Waals surface area contributed by atoms with Crippen LogP contribution in [-0.4, -0.2) is 53.4 Å². The molecule has 2 heterocycles. The third kappa shape index (κ3) is 6.61. The standard InChI is InChI=1S/C21H27ClN4O/c1-25(13-18-4-2-10-23-12-18)16-21(27)24-20-5-3-11-26(15-20)14-17-6-8-19(22)9-7-17/h2,4,6-10,12,20H,3,5,11,13-16H2,1H3,(H,24,27)/t20-/m0/s1. The van der Waals surface area contributed by atoms with Gasteiger partial charge in [0.05, 0.1) is 6.54 Å². The lowest BCUT2D eigenvalue weighted by atomic mass is 10.0. The maximum Gasteiger partial charge on any atom is 0.234 e. The summed E-state index contributed by atoms with van der Waals surface area (Å²) in [5.41, 5.74) is 2.36. The number of carbonyl (C=O) groups is 1. The van der Waals surface area contributed by atoms with E-state index in [0.29, 0.717) is 13.1 Å². The summed E-state index contributed by atoms with van der Waals surface area (Å²) >= 11 is 5.96. The molecule has 3 rings (SSSR count). The van der Waals surface area contributed by atoms with E-state index in [9.17, 15) is 4.79 Å². The van der Waals surface area contributed by atoms with Gasteiger partial charge in [-0.1, -0.05) is 29.8 Å². The fourth-order valence-electron chi connectivity index (χ4n) is 3.54. The largest absolute Gasteiger partial charge is 0.351 e. The Labute approximate surface area is 166 Å². The van der Waals surface area contributed by atoms with E-state index in [0.717, 1.165) is 43.1 Å². The number of carbonyl (C=O) groups excluding carboxylic acids is 1. The summed E-state index contributed by atoms with van der Waals surface area (Å²) in [7, 11) is 1.96. The zero-order chi connectivity index (χ0) is 19.1. The van der Waals surface area contributed by atoms with Gasteiger partial charge in [0.1, 0.15) is 0 Å². The molecule has 0 aliphatic carbocycles. The first-order chi connectivity index (χ1) is 13.1. The minimum atomic E-state index is 0.0831. The number of likely N-dealkylation sites (tertiary alicyclic amines) is 1. The molecule has 1 amide bonds. The lowest BCUT2D eigenvalue weighted by molar-refractivity contribution is -0.123. The number of benzene rings is 1. The average Bonchev–Trinajstić information content (AvgIpc) is 2.64. The predicted octanol–water partition coefficient (Wildman–Crippen LogP) is 2.95. The van der Waals surface area contributed by atoms with Crippen molar-refractivity contribution in [2.24, 2.45) is 0 Å². The molecule has 0 unspecified atom stereocenters. The molecule has 0 spiro atoms. The van der Waals surface area contributed by atoms with Gasteiger partial charge >= 0.3 is 0 Å². The first-order valence-electron chi connectivity index (χ1n) is 9.42. The van der Waals surface area contributed by atoms with Crippen LogP contribution in [0.25, 0.3) is 0 Å². The summed E-state index contributed by atoms with van der Waals surface area (Å²) in [6, 6.07) is 12.1. The molecule has 1 aromatic carbocycles. The first-order valence-corrected chi connectivity index (χ1v) is 9.80. The number of amides is 1. The highest BCUT2D eigenvalue weighted by atomic mass is 35.5. The van der Waals surface area contributed by atoms with Crippen molar-refractivity contribution >= 4 is 17.5 Å². The first kappa shape index (κ1) is 19.8. The molecule has 1 saturated heterocycles. The van der Waals surface area contributed by atoms with Crippen LogP contribution in [0, 0.1) is 0 Å². The number of likely N-dealkylation sites (N-methyl/N-ethyl adjacent to an activating group) is 1. The van der Waals surface area contributed by atoms with E-state index in [2.05, 4.69) is 27.3 Å². The zero-order valence-corrected chi connectivity index (χ0v) is 16.5. The van der Waals surface area contributed by atoms with Crippen LogP contribution in [0.2, 0.25) is 5.02 Å². The Morgan fingerprint density at radius 1 is 1.30 bits per heavy atom. The number of pyridine rings is 1. The van der Waals surface area contributed by atoms with E-state index in [1.165, 1.54) is 5.56 Å². The summed E-state index contributed by atoms with van der Waals surface area (Å²) < 4.78 is 0. The normalized spacial score (nSPS) is 17.8. The molecule has 1 aliphatic rings. The van der Waals surface area contributed by atoms with E-state index in [1.807, 2.05) is 42.4 Å². The molecule has 0 radical (unpaired) electrons. The Morgan fingerprint density at radius 2 is 2.11 bits per heavy atom. The minimum absolute atomic E-state index is 0.0831. The number of nitrogens with one attached hydrogen (secondary N) is 1. The number of nitrogens with zero attached hydrogens (tertiary/aromatic N) is 3. The van der Waals surface area contributed by atoms with Gasteiger partial charge in [-0.15, -0.1) is 0 Å². The highest BCUT2D eigenvalue weighted by molar-refractivity contribution is 6.30. The van der Waals surface area contributed by atoms with Gasteiger partial charge in [-0.05, 0) is 55.8 Å². The molecule has 1 aromatic heterocycles. The molecule has 0 bridgehead atoms. The van der Waals surface area contributed by atoms with Crippen molar-refractivity contribution in [3.05, 3.63) is 64.9 Å². The SMILES string of the molecule is CN(CC(=O)N[C@H]1CCCN(Cc2ccc(Cl)cc2)C1)Cc1cccnc1. The summed E-state index contributed by atoms with van der Waals surface area (Å²) in [6.45, 7) is 3.96. The second kappa shape index (κ2) is 9.83. The van der Waals surface area contributed by atoms with Crippen molar-refractivity contribution in [1.29, 1.82) is 0 Å². The Kier molecular flexibility index (Phi) is 7.21. The van der Waals surface area contributed by atoms with E-state index in [-0.39, 0.29) is 11.9 Å². The monoisotopic (exact) mass is 386 g/mol. The fourth-order valence-corrected chi connectivity index (χ4v) is 3.67. The van der Waals surface area contributed by atoms with E-state index < -0.39 is 0 Å². The van der Waals surface area contributed by atoms with Crippen LogP contribution in [0.15, 0.2) is 48.8 Å². The van der Waals surface area contributed by atoms with Gasteiger partial charge < -0.3 is 5.32 Å². The van der Waals surface area contributed by atoms with Crippen molar-refractivity contribution in [2.45, 2.75) is 32.0 Å². The Balaban J connectivity index is 1.44. The van der Waals surface area contributed by atoms with Gasteiger partial charge in [-0.2, -0.15) is 0 Å². The highest BCUT2D eigenvalue weighted by Gasteiger charge is 2.21. The highest BCUT2D eigenvalue weighted by Crippen LogP contribution is 2.16. The Bertz CT molecular complexity index is 723. The number of hydrogen-bond acceptors (Lipinski definition) is 4. The molecule has 2 aromatic rings. The van der Waals surface area contributed by atoms with Crippen LogP contribution in [0.4, 0.5) is 0 Å². The van der Waals surface area contributed by atoms with Gasteiger partial charge in [-0.3, -0.25) is 19.6 Å². The quantitative estimate of drug-likeness (QED) is 0.794. The van der Waals surface area contributed by atoms with Gasteiger partial charge in [-0.25, -0.2) is 0 Å². The molecule has 144 valence electrons. The summed E-state index contributed by atoms with van der Waals surface area (Å²) in [6.07, 6.45) is 5.73. The third-order valence-electron chi connectivity index (χ3n) is 4.78. The Morgan fingerprint density at radius 3 is 2.85 bits per heavy atom. The molecular weight excluding hydrogens is 360 g/mol. The summed E-state index contributed by atoms with van der Waals surface area (Å²) in [4.78, 5) is 20.9. The molecule has 27 heavy (non-hydrogen) atoms. The second-order valence-corrected chi connectivity index (χ2v) is 7.74. The maximum absolute atomic E-state index is 12.4. The van der Waals surface area contributed by atoms with Crippen LogP contribution < -0.4 is 5.32 Å². The number of rotatable bonds is 7. The minimum Gasteiger partial charge on any atom is -0.351 e. The lowest BCUT2D eigenvalue weighted by Gasteiger charge is -2.33. The van der Waals surface area contributed by atoms with Gasteiger partial charge in [0.2, 0.25) is 5.91 Å². The van der Waals surface area contributed by atoms with Crippen molar-refractivity contribution in [1.82, 2.24) is 20.1 Å². The summed E-state index contributed by atoms with van der Waals surface area (Å²) in [5, 5.41) is 3.96. The topological polar surface area (TPSA) is 48.5 Å². The van der Waals surface area contributed by atoms with E-state index in [1.54, 1.807) is 6.20 Å². The van der Waals surface area contributed by atoms with Crippen molar-refractivity contribution in [3.63, 3.8) is 0 Å². The Hall–Kier alpha value is -1.95. The van der Waals surface area contributed by atoms with Gasteiger partial charge in [0.25, 0.3) is 0 Å². The van der Waals surface area contributed by atoms with Crippen LogP contribution in [-0.2, 0) is 17.9 Å². The van der Waals surface area contributed by atoms with E-state index >= 15 is 0 Å². The molecule has 1 atom stereocenters. The average molecular weight is 387 g/mol. The molecular formula is C21H27ClN4O. The predicted molar refractivity (Wildman–Crippen MR) is 108 cm³/mol. The molecule has 1 aliphatic heterocycles. The van der Waals surface area contributed by atoms with Crippen LogP contribution in [0.3, 0.4) is 0 Å². The maximum atomic E-state index is 12.4. The molecule has 1 fully saturated rings. The van der Waals surface area contributed by atoms with Crippen molar-refractivity contribution in [2.75, 3.05) is 26.7 Å². The van der Waals surface area contributed by atoms with Crippen molar-refractivity contribution in [3.8, 4) is 0 Å². The molecule has 6 heteroatoms. The number of hydrogen-bond donors (Lipinski definition) is 1. The fraction of sp³-hybridized carbons (Fsp3) is 0.429. The molecule has 1 N–H and O–H groups in total. The van der Waals surface area contributed by atoms with Crippen molar-refractivity contribution < 1.29 is 4.79 Å². The summed E-state index contributed by atoms with van der Waals surface area (Å²) in [5.74, 6) is 0.0831. The number of piperidine rings is 1.